The maximum Gasteiger partial charge on any atom is 0.398 e. The van der Waals surface area contributed by atoms with E-state index in [9.17, 15) is 32.4 Å². The Bertz CT molecular complexity index is 1310. The summed E-state index contributed by atoms with van der Waals surface area (Å²) in [5.41, 5.74) is -0.556. The average Bonchev–Trinajstić information content (AvgIpc) is 2.91. The smallest absolute Gasteiger partial charge is 0.398 e. The lowest BCUT2D eigenvalue weighted by Crippen LogP contribution is -2.54. The van der Waals surface area contributed by atoms with Gasteiger partial charge in [-0.3, -0.25) is 14.5 Å². The zero-order valence-corrected chi connectivity index (χ0v) is 20.8. The van der Waals surface area contributed by atoms with Crippen molar-refractivity contribution in [3.05, 3.63) is 83.2 Å². The Hall–Kier alpha value is -4.26. The average molecular weight is 548 g/mol. The van der Waals surface area contributed by atoms with Crippen LogP contribution in [0.3, 0.4) is 0 Å². The molecule has 2 aromatic heterocycles. The van der Waals surface area contributed by atoms with Gasteiger partial charge in [-0.05, 0) is 43.3 Å². The Labute approximate surface area is 221 Å². The summed E-state index contributed by atoms with van der Waals surface area (Å²) in [6.45, 7) is 2.95. The van der Waals surface area contributed by atoms with Crippen LogP contribution in [0.2, 0.25) is 0 Å². The number of rotatable bonds is 7. The molecule has 1 N–H and O–H groups in total. The maximum atomic E-state index is 13.0. The summed E-state index contributed by atoms with van der Waals surface area (Å²) in [5.74, 6) is -0.0288. The second kappa shape index (κ2) is 11.6. The largest absolute Gasteiger partial charge is 0.618 e. The van der Waals surface area contributed by atoms with Crippen LogP contribution in [0.15, 0.2) is 60.9 Å². The van der Waals surface area contributed by atoms with Crippen LogP contribution in [-0.2, 0) is 11.2 Å². The molecule has 0 bridgehead atoms. The topological polar surface area (TPSA) is 102 Å². The summed E-state index contributed by atoms with van der Waals surface area (Å²) < 4.78 is 56.9. The highest BCUT2D eigenvalue weighted by atomic mass is 19.4. The van der Waals surface area contributed by atoms with Crippen LogP contribution < -0.4 is 14.8 Å². The fourth-order valence-electron chi connectivity index (χ4n) is 4.05. The number of benzene rings is 1. The standard InChI is InChI=1S/C26H25F4N5O4/c1-17(24(36)32-23-7-6-22(16-31-23)39-21-4-2-19(27)3-5-21)33-10-12-34(13-11-33)25(37)18-8-9-35(38)20(14-18)15-26(28,29)30/h2-9,14,16-17H,10-13,15H2,1H3,(H,31,32,36). The number of nitrogens with zero attached hydrogens (tertiary/aromatic N) is 4. The third-order valence-electron chi connectivity index (χ3n) is 6.19. The monoisotopic (exact) mass is 547 g/mol. The molecule has 0 aliphatic carbocycles. The van der Waals surface area contributed by atoms with Gasteiger partial charge < -0.3 is 20.2 Å². The van der Waals surface area contributed by atoms with E-state index in [4.69, 9.17) is 4.74 Å². The van der Waals surface area contributed by atoms with Gasteiger partial charge in [-0.25, -0.2) is 9.37 Å². The fourth-order valence-corrected chi connectivity index (χ4v) is 4.05. The lowest BCUT2D eigenvalue weighted by Gasteiger charge is -2.37. The van der Waals surface area contributed by atoms with E-state index in [-0.39, 0.29) is 35.1 Å². The summed E-state index contributed by atoms with van der Waals surface area (Å²) in [7, 11) is 0. The molecule has 1 fully saturated rings. The highest BCUT2D eigenvalue weighted by Crippen LogP contribution is 2.23. The van der Waals surface area contributed by atoms with Gasteiger partial charge in [0.25, 0.3) is 5.91 Å². The van der Waals surface area contributed by atoms with E-state index in [1.54, 1.807) is 19.1 Å². The molecule has 13 heteroatoms. The van der Waals surface area contributed by atoms with Gasteiger partial charge in [0, 0.05) is 38.3 Å². The molecule has 39 heavy (non-hydrogen) atoms. The molecule has 1 aliphatic heterocycles. The fraction of sp³-hybridized carbons (Fsp3) is 0.308. The number of ether oxygens (including phenoxy) is 1. The van der Waals surface area contributed by atoms with Crippen molar-refractivity contribution >= 4 is 17.6 Å². The van der Waals surface area contributed by atoms with Gasteiger partial charge in [0.15, 0.2) is 6.20 Å². The number of piperazine rings is 1. The lowest BCUT2D eigenvalue weighted by molar-refractivity contribution is -0.615. The first-order valence-corrected chi connectivity index (χ1v) is 12.0. The molecule has 0 radical (unpaired) electrons. The zero-order valence-electron chi connectivity index (χ0n) is 20.8. The van der Waals surface area contributed by atoms with Crippen LogP contribution in [0.4, 0.5) is 23.4 Å². The van der Waals surface area contributed by atoms with Crippen LogP contribution in [0.5, 0.6) is 11.5 Å². The van der Waals surface area contributed by atoms with E-state index in [2.05, 4.69) is 10.3 Å². The molecule has 1 saturated heterocycles. The minimum absolute atomic E-state index is 0.00137. The van der Waals surface area contributed by atoms with Crippen LogP contribution >= 0.6 is 0 Å². The number of carbonyl (C=O) groups is 2. The third kappa shape index (κ3) is 7.41. The SMILES string of the molecule is CC(C(=O)Nc1ccc(Oc2ccc(F)cc2)cn1)N1CCN(C(=O)c2cc[n+]([O-])c(CC(F)(F)F)c2)CC1. The highest BCUT2D eigenvalue weighted by Gasteiger charge is 2.33. The van der Waals surface area contributed by atoms with Crippen molar-refractivity contribution in [1.29, 1.82) is 0 Å². The molecule has 1 unspecified atom stereocenters. The molecular formula is C26H25F4N5O4. The third-order valence-corrected chi connectivity index (χ3v) is 6.19. The van der Waals surface area contributed by atoms with Crippen molar-refractivity contribution in [3.8, 4) is 11.5 Å². The number of anilines is 1. The minimum Gasteiger partial charge on any atom is -0.618 e. The van der Waals surface area contributed by atoms with E-state index in [0.29, 0.717) is 30.4 Å². The Morgan fingerprint density at radius 3 is 2.36 bits per heavy atom. The summed E-state index contributed by atoms with van der Waals surface area (Å²) in [4.78, 5) is 33.1. The van der Waals surface area contributed by atoms with Gasteiger partial charge >= 0.3 is 6.18 Å². The number of nitrogens with one attached hydrogen (secondary N) is 1. The van der Waals surface area contributed by atoms with Crippen molar-refractivity contribution < 1.29 is 36.6 Å². The number of aromatic nitrogens is 2. The first-order valence-electron chi connectivity index (χ1n) is 12.0. The number of hydrogen-bond donors (Lipinski definition) is 1. The van der Waals surface area contributed by atoms with Gasteiger partial charge in [0.2, 0.25) is 11.6 Å². The summed E-state index contributed by atoms with van der Waals surface area (Å²) >= 11 is 0. The number of hydrogen-bond acceptors (Lipinski definition) is 6. The zero-order chi connectivity index (χ0) is 28.2. The van der Waals surface area contributed by atoms with E-state index in [1.807, 2.05) is 4.90 Å². The van der Waals surface area contributed by atoms with Gasteiger partial charge in [0.1, 0.15) is 29.6 Å². The summed E-state index contributed by atoms with van der Waals surface area (Å²) in [6.07, 6.45) is -3.69. The Morgan fingerprint density at radius 2 is 1.74 bits per heavy atom. The molecule has 4 rings (SSSR count). The first-order chi connectivity index (χ1) is 18.5. The molecule has 2 amide bonds. The van der Waals surface area contributed by atoms with Crippen LogP contribution in [-0.4, -0.2) is 65.0 Å². The van der Waals surface area contributed by atoms with Gasteiger partial charge in [0.05, 0.1) is 17.8 Å². The van der Waals surface area contributed by atoms with E-state index in [1.165, 1.54) is 41.4 Å². The van der Waals surface area contributed by atoms with Crippen molar-refractivity contribution in [2.45, 2.75) is 25.6 Å². The van der Waals surface area contributed by atoms with E-state index >= 15 is 0 Å². The Kier molecular flexibility index (Phi) is 8.29. The molecule has 0 spiro atoms. The number of halogens is 4. The molecule has 0 saturated carbocycles. The first kappa shape index (κ1) is 27.8. The Morgan fingerprint density at radius 1 is 1.08 bits per heavy atom. The van der Waals surface area contributed by atoms with Gasteiger partial charge in [-0.1, -0.05) is 0 Å². The van der Waals surface area contributed by atoms with Crippen molar-refractivity contribution in [1.82, 2.24) is 14.8 Å². The lowest BCUT2D eigenvalue weighted by atomic mass is 10.1. The Balaban J connectivity index is 1.28. The molecule has 206 valence electrons. The molecule has 1 aliphatic rings. The number of amides is 2. The molecule has 1 aromatic carbocycles. The minimum atomic E-state index is -4.58. The number of pyridine rings is 2. The van der Waals surface area contributed by atoms with Crippen LogP contribution in [0, 0.1) is 11.0 Å². The predicted molar refractivity (Wildman–Crippen MR) is 131 cm³/mol. The molecule has 3 aromatic rings. The van der Waals surface area contributed by atoms with Crippen LogP contribution in [0.25, 0.3) is 0 Å². The van der Waals surface area contributed by atoms with Crippen molar-refractivity contribution in [2.24, 2.45) is 0 Å². The van der Waals surface area contributed by atoms with Crippen molar-refractivity contribution in [3.63, 3.8) is 0 Å². The normalized spacial score (nSPS) is 15.1. The van der Waals surface area contributed by atoms with E-state index in [0.717, 1.165) is 12.3 Å². The van der Waals surface area contributed by atoms with Gasteiger partial charge in [-0.15, -0.1) is 0 Å². The van der Waals surface area contributed by atoms with Crippen molar-refractivity contribution in [2.75, 3.05) is 31.5 Å². The molecular weight excluding hydrogens is 522 g/mol. The maximum absolute atomic E-state index is 13.0. The predicted octanol–water partition coefficient (Wildman–Crippen LogP) is 3.54. The number of alkyl halides is 3. The summed E-state index contributed by atoms with van der Waals surface area (Å²) in [5, 5.41) is 14.4. The molecule has 3 heterocycles. The van der Waals surface area contributed by atoms with Crippen LogP contribution in [0.1, 0.15) is 23.0 Å². The molecule has 1 atom stereocenters. The quantitative estimate of drug-likeness (QED) is 0.276. The number of carbonyl (C=O) groups excluding carboxylic acids is 2. The second-order valence-corrected chi connectivity index (χ2v) is 8.95. The van der Waals surface area contributed by atoms with E-state index < -0.39 is 30.2 Å². The molecule has 9 nitrogen and oxygen atoms in total. The summed E-state index contributed by atoms with van der Waals surface area (Å²) in [6, 6.07) is 10.3. The highest BCUT2D eigenvalue weighted by molar-refractivity contribution is 5.95. The second-order valence-electron chi connectivity index (χ2n) is 8.95. The van der Waals surface area contributed by atoms with Gasteiger partial charge in [-0.2, -0.15) is 17.9 Å².